The second-order valence-electron chi connectivity index (χ2n) is 1.91. The molecule has 0 aliphatic rings. The van der Waals surface area contributed by atoms with E-state index in [1.54, 1.807) is 0 Å². The fourth-order valence-corrected chi connectivity index (χ4v) is 0.987. The van der Waals surface area contributed by atoms with Crippen LogP contribution in [0.25, 0.3) is 0 Å². The lowest BCUT2D eigenvalue weighted by atomic mass is 9.82. The Kier molecular flexibility index (Phi) is 2.73. The molecule has 0 saturated carbocycles. The van der Waals surface area contributed by atoms with Gasteiger partial charge in [0.15, 0.2) is 0 Å². The van der Waals surface area contributed by atoms with Crippen LogP contribution >= 0.6 is 23.2 Å². The summed E-state index contributed by atoms with van der Waals surface area (Å²) in [4.78, 5) is 3.61. The van der Waals surface area contributed by atoms with E-state index in [4.69, 9.17) is 33.2 Å². The van der Waals surface area contributed by atoms with E-state index in [-0.39, 0.29) is 10.6 Å². The van der Waals surface area contributed by atoms with E-state index in [1.165, 1.54) is 12.3 Å². The van der Waals surface area contributed by atoms with Crippen LogP contribution in [0.3, 0.4) is 0 Å². The maximum atomic E-state index is 8.70. The first-order chi connectivity index (χ1) is 5.11. The van der Waals surface area contributed by atoms with Crippen molar-refractivity contribution in [1.29, 1.82) is 0 Å². The van der Waals surface area contributed by atoms with Gasteiger partial charge >= 0.3 is 7.12 Å². The van der Waals surface area contributed by atoms with Gasteiger partial charge in [-0.1, -0.05) is 23.2 Å². The molecule has 2 N–H and O–H groups in total. The molecule has 1 aromatic rings. The number of nitrogens with zero attached hydrogens (tertiary/aromatic N) is 1. The third-order valence-electron chi connectivity index (χ3n) is 1.11. The predicted molar refractivity (Wildman–Crippen MR) is 44.1 cm³/mol. The fraction of sp³-hybridized carbons (Fsp3) is 0. The van der Waals surface area contributed by atoms with Gasteiger partial charge < -0.3 is 10.0 Å². The van der Waals surface area contributed by atoms with Crippen molar-refractivity contribution in [3.63, 3.8) is 0 Å². The van der Waals surface area contributed by atoms with Crippen molar-refractivity contribution < 1.29 is 10.0 Å². The molecule has 11 heavy (non-hydrogen) atoms. The first-order valence-electron chi connectivity index (χ1n) is 2.78. The second kappa shape index (κ2) is 3.41. The molecule has 1 aromatic heterocycles. The summed E-state index contributed by atoms with van der Waals surface area (Å²) in [7, 11) is -1.63. The maximum absolute atomic E-state index is 8.70. The largest absolute Gasteiger partial charge is 0.491 e. The lowest BCUT2D eigenvalue weighted by molar-refractivity contribution is 0.425. The van der Waals surface area contributed by atoms with Gasteiger partial charge in [-0.25, -0.2) is 4.98 Å². The van der Waals surface area contributed by atoms with Gasteiger partial charge in [-0.15, -0.1) is 0 Å². The van der Waals surface area contributed by atoms with E-state index in [1.807, 2.05) is 0 Å². The standard InChI is InChI=1S/C5H4BCl2NO2/c7-3-1-4(6(10)11)5(8)9-2-3/h1-2,10-11H. The van der Waals surface area contributed by atoms with Gasteiger partial charge in [0.25, 0.3) is 0 Å². The summed E-state index contributed by atoms with van der Waals surface area (Å²) in [6.07, 6.45) is 1.33. The number of rotatable bonds is 1. The van der Waals surface area contributed by atoms with Crippen LogP contribution in [0.5, 0.6) is 0 Å². The molecule has 0 aliphatic carbocycles. The minimum Gasteiger partial charge on any atom is -0.423 e. The Hall–Kier alpha value is -0.285. The number of hydrogen-bond acceptors (Lipinski definition) is 3. The van der Waals surface area contributed by atoms with Crippen molar-refractivity contribution in [2.24, 2.45) is 0 Å². The van der Waals surface area contributed by atoms with Crippen molar-refractivity contribution >= 4 is 35.8 Å². The highest BCUT2D eigenvalue weighted by molar-refractivity contribution is 6.62. The van der Waals surface area contributed by atoms with Crippen LogP contribution in [0.2, 0.25) is 10.2 Å². The zero-order valence-corrected chi connectivity index (χ0v) is 6.84. The summed E-state index contributed by atoms with van der Waals surface area (Å²) < 4.78 is 0. The highest BCUT2D eigenvalue weighted by Crippen LogP contribution is 2.08. The minimum absolute atomic E-state index is 0.0457. The molecule has 0 aromatic carbocycles. The Morgan fingerprint density at radius 1 is 1.36 bits per heavy atom. The second-order valence-corrected chi connectivity index (χ2v) is 2.70. The Balaban J connectivity index is 3.13. The average molecular weight is 192 g/mol. The molecule has 6 heteroatoms. The number of pyridine rings is 1. The number of aromatic nitrogens is 1. The van der Waals surface area contributed by atoms with Crippen LogP contribution in [0.15, 0.2) is 12.3 Å². The molecule has 0 bridgehead atoms. The molecule has 1 rings (SSSR count). The molecule has 58 valence electrons. The summed E-state index contributed by atoms with van der Waals surface area (Å²) in [5, 5.41) is 17.8. The average Bonchev–Trinajstić information content (AvgIpc) is 1.94. The first-order valence-corrected chi connectivity index (χ1v) is 3.54. The number of hydrogen-bond donors (Lipinski definition) is 2. The Bertz CT molecular complexity index is 269. The molecule has 0 saturated heterocycles. The van der Waals surface area contributed by atoms with Gasteiger partial charge in [0.2, 0.25) is 0 Å². The molecule has 0 spiro atoms. The van der Waals surface area contributed by atoms with Crippen LogP contribution in [0.1, 0.15) is 0 Å². The minimum atomic E-state index is -1.63. The van der Waals surface area contributed by atoms with Crippen molar-refractivity contribution in [3.8, 4) is 0 Å². The fourth-order valence-electron chi connectivity index (χ4n) is 0.619. The molecule has 3 nitrogen and oxygen atoms in total. The molecule has 0 amide bonds. The lowest BCUT2D eigenvalue weighted by Crippen LogP contribution is -2.31. The van der Waals surface area contributed by atoms with E-state index >= 15 is 0 Å². The monoisotopic (exact) mass is 191 g/mol. The summed E-state index contributed by atoms with van der Waals surface area (Å²) >= 11 is 11.0. The molecule has 0 radical (unpaired) electrons. The van der Waals surface area contributed by atoms with Gasteiger partial charge in [-0.3, -0.25) is 0 Å². The Morgan fingerprint density at radius 3 is 2.45 bits per heavy atom. The van der Waals surface area contributed by atoms with Crippen molar-refractivity contribution in [2.45, 2.75) is 0 Å². The van der Waals surface area contributed by atoms with Gasteiger partial charge in [0.1, 0.15) is 5.15 Å². The van der Waals surface area contributed by atoms with Gasteiger partial charge in [0.05, 0.1) is 5.02 Å². The molecule has 0 unspecified atom stereocenters. The molecular formula is C5H4BCl2NO2. The van der Waals surface area contributed by atoms with E-state index in [2.05, 4.69) is 4.98 Å². The maximum Gasteiger partial charge on any atom is 0.491 e. The summed E-state index contributed by atoms with van der Waals surface area (Å²) in [6, 6.07) is 1.35. The SMILES string of the molecule is OB(O)c1cc(Cl)cnc1Cl. The molecule has 1 heterocycles. The summed E-state index contributed by atoms with van der Waals surface area (Å²) in [5.41, 5.74) is 0.110. The van der Waals surface area contributed by atoms with Crippen LogP contribution in [-0.4, -0.2) is 22.2 Å². The summed E-state index contributed by atoms with van der Waals surface area (Å²) in [6.45, 7) is 0. The molecular weight excluding hydrogens is 188 g/mol. The predicted octanol–water partition coefficient (Wildman–Crippen LogP) is 0.0682. The van der Waals surface area contributed by atoms with E-state index in [0.29, 0.717) is 5.02 Å². The normalized spacial score (nSPS) is 9.82. The molecule has 0 atom stereocenters. The van der Waals surface area contributed by atoms with Gasteiger partial charge in [0, 0.05) is 11.7 Å². The number of halogens is 2. The molecule has 0 fully saturated rings. The highest BCUT2D eigenvalue weighted by Gasteiger charge is 2.15. The van der Waals surface area contributed by atoms with Crippen molar-refractivity contribution in [2.75, 3.05) is 0 Å². The lowest BCUT2D eigenvalue weighted by Gasteiger charge is -2.00. The van der Waals surface area contributed by atoms with Crippen LogP contribution in [0, 0.1) is 0 Å². The van der Waals surface area contributed by atoms with Gasteiger partial charge in [-0.05, 0) is 6.07 Å². The van der Waals surface area contributed by atoms with Crippen LogP contribution < -0.4 is 5.46 Å². The third kappa shape index (κ3) is 2.07. The van der Waals surface area contributed by atoms with Crippen LogP contribution in [0.4, 0.5) is 0 Å². The Labute approximate surface area is 73.7 Å². The first kappa shape index (κ1) is 8.81. The van der Waals surface area contributed by atoms with Crippen molar-refractivity contribution in [3.05, 3.63) is 22.4 Å². The highest BCUT2D eigenvalue weighted by atomic mass is 35.5. The zero-order chi connectivity index (χ0) is 8.43. The van der Waals surface area contributed by atoms with E-state index in [0.717, 1.165) is 0 Å². The van der Waals surface area contributed by atoms with E-state index < -0.39 is 7.12 Å². The van der Waals surface area contributed by atoms with E-state index in [9.17, 15) is 0 Å². The smallest absolute Gasteiger partial charge is 0.423 e. The topological polar surface area (TPSA) is 53.4 Å². The van der Waals surface area contributed by atoms with Crippen LogP contribution in [-0.2, 0) is 0 Å². The van der Waals surface area contributed by atoms with Crippen molar-refractivity contribution in [1.82, 2.24) is 4.98 Å². The summed E-state index contributed by atoms with van der Waals surface area (Å²) in [5.74, 6) is 0. The molecule has 0 aliphatic heterocycles. The Morgan fingerprint density at radius 2 is 2.00 bits per heavy atom. The van der Waals surface area contributed by atoms with Gasteiger partial charge in [-0.2, -0.15) is 0 Å². The quantitative estimate of drug-likeness (QED) is 0.488. The zero-order valence-electron chi connectivity index (χ0n) is 5.33. The third-order valence-corrected chi connectivity index (χ3v) is 1.63.